The Morgan fingerprint density at radius 3 is 2.93 bits per heavy atom. The van der Waals surface area contributed by atoms with Gasteiger partial charge in [0, 0.05) is 23.1 Å². The fourth-order valence-electron chi connectivity index (χ4n) is 2.97. The summed E-state index contributed by atoms with van der Waals surface area (Å²) in [6.07, 6.45) is 4.00. The maximum absolute atomic E-state index is 12.5. The minimum Gasteiger partial charge on any atom is -0.491 e. The molecule has 4 rings (SSSR count). The highest BCUT2D eigenvalue weighted by atomic mass is 32.1. The van der Waals surface area contributed by atoms with Crippen molar-refractivity contribution >= 4 is 23.1 Å². The number of carbonyl (C=O) groups excluding carboxylic acids is 1. The number of carbonyl (C=O) groups is 1. The molecule has 1 N–H and O–H groups in total. The van der Waals surface area contributed by atoms with E-state index in [0.717, 1.165) is 25.2 Å². The van der Waals surface area contributed by atoms with Crippen LogP contribution in [0.1, 0.15) is 28.1 Å². The van der Waals surface area contributed by atoms with Gasteiger partial charge in [0.25, 0.3) is 5.91 Å². The van der Waals surface area contributed by atoms with E-state index < -0.39 is 0 Å². The zero-order chi connectivity index (χ0) is 18.5. The van der Waals surface area contributed by atoms with Crippen LogP contribution in [-0.2, 0) is 11.3 Å². The first kappa shape index (κ1) is 17.8. The van der Waals surface area contributed by atoms with Crippen molar-refractivity contribution in [2.45, 2.75) is 25.5 Å². The SMILES string of the molecule is O=C(Nc1ccnn1Cc1cccs1)c1ccc(OCC2CCCO2)cc1. The average Bonchev–Trinajstić information content (AvgIpc) is 3.45. The molecule has 0 aliphatic carbocycles. The van der Waals surface area contributed by atoms with E-state index in [-0.39, 0.29) is 12.0 Å². The summed E-state index contributed by atoms with van der Waals surface area (Å²) in [5, 5.41) is 9.24. The highest BCUT2D eigenvalue weighted by molar-refractivity contribution is 7.09. The summed E-state index contributed by atoms with van der Waals surface area (Å²) in [7, 11) is 0. The van der Waals surface area contributed by atoms with E-state index in [1.807, 2.05) is 29.6 Å². The quantitative estimate of drug-likeness (QED) is 0.674. The number of anilines is 1. The maximum Gasteiger partial charge on any atom is 0.256 e. The van der Waals surface area contributed by atoms with Gasteiger partial charge in [-0.05, 0) is 48.6 Å². The number of nitrogens with one attached hydrogen (secondary N) is 1. The molecule has 1 atom stereocenters. The molecule has 1 fully saturated rings. The highest BCUT2D eigenvalue weighted by Gasteiger charge is 2.16. The van der Waals surface area contributed by atoms with Gasteiger partial charge in [-0.15, -0.1) is 11.3 Å². The van der Waals surface area contributed by atoms with Gasteiger partial charge in [-0.1, -0.05) is 6.07 Å². The van der Waals surface area contributed by atoms with Gasteiger partial charge in [0.2, 0.25) is 0 Å². The molecule has 3 aromatic rings. The second-order valence-electron chi connectivity index (χ2n) is 6.38. The van der Waals surface area contributed by atoms with Crippen molar-refractivity contribution in [3.8, 4) is 5.75 Å². The lowest BCUT2D eigenvalue weighted by molar-refractivity contribution is 0.0679. The Balaban J connectivity index is 1.35. The standard InChI is InChI=1S/C20H21N3O3S/c24-20(22-19-9-10-21-23(19)13-18-4-2-12-27-18)15-5-7-16(8-6-15)26-14-17-3-1-11-25-17/h2,4-10,12,17H,1,3,11,13-14H2,(H,22,24). The zero-order valence-electron chi connectivity index (χ0n) is 14.8. The molecule has 140 valence electrons. The molecular formula is C20H21N3O3S. The van der Waals surface area contributed by atoms with Crippen LogP contribution in [0.3, 0.4) is 0 Å². The Hall–Kier alpha value is -2.64. The summed E-state index contributed by atoms with van der Waals surface area (Å²) < 4.78 is 13.1. The van der Waals surface area contributed by atoms with Crippen LogP contribution >= 0.6 is 11.3 Å². The number of hydrogen-bond donors (Lipinski definition) is 1. The Labute approximate surface area is 161 Å². The Bertz CT molecular complexity index is 868. The monoisotopic (exact) mass is 383 g/mol. The maximum atomic E-state index is 12.5. The van der Waals surface area contributed by atoms with Crippen molar-refractivity contribution in [1.82, 2.24) is 9.78 Å². The van der Waals surface area contributed by atoms with Gasteiger partial charge in [0.15, 0.2) is 0 Å². The van der Waals surface area contributed by atoms with Crippen molar-refractivity contribution in [3.05, 3.63) is 64.5 Å². The molecule has 6 nitrogen and oxygen atoms in total. The van der Waals surface area contributed by atoms with Gasteiger partial charge in [-0.3, -0.25) is 4.79 Å². The molecule has 1 saturated heterocycles. The molecule has 1 aliphatic heterocycles. The van der Waals surface area contributed by atoms with Crippen LogP contribution in [-0.4, -0.2) is 35.0 Å². The number of rotatable bonds is 7. The molecule has 0 saturated carbocycles. The van der Waals surface area contributed by atoms with E-state index in [2.05, 4.69) is 10.4 Å². The predicted molar refractivity (Wildman–Crippen MR) is 105 cm³/mol. The third-order valence-electron chi connectivity index (χ3n) is 4.42. The van der Waals surface area contributed by atoms with Crippen LogP contribution in [0, 0.1) is 0 Å². The Kier molecular flexibility index (Phi) is 5.50. The van der Waals surface area contributed by atoms with Crippen molar-refractivity contribution in [2.75, 3.05) is 18.5 Å². The summed E-state index contributed by atoms with van der Waals surface area (Å²) >= 11 is 1.66. The van der Waals surface area contributed by atoms with E-state index in [1.54, 1.807) is 40.4 Å². The van der Waals surface area contributed by atoms with E-state index in [4.69, 9.17) is 9.47 Å². The van der Waals surface area contributed by atoms with Crippen LogP contribution in [0.5, 0.6) is 5.75 Å². The van der Waals surface area contributed by atoms with Crippen LogP contribution in [0.2, 0.25) is 0 Å². The van der Waals surface area contributed by atoms with E-state index >= 15 is 0 Å². The number of hydrogen-bond acceptors (Lipinski definition) is 5. The first-order valence-electron chi connectivity index (χ1n) is 8.98. The summed E-state index contributed by atoms with van der Waals surface area (Å²) in [6, 6.07) is 13.0. The molecule has 2 aromatic heterocycles. The van der Waals surface area contributed by atoms with Crippen LogP contribution in [0.4, 0.5) is 5.82 Å². The molecule has 0 spiro atoms. The van der Waals surface area contributed by atoms with Crippen LogP contribution in [0.25, 0.3) is 0 Å². The summed E-state index contributed by atoms with van der Waals surface area (Å²) in [5.74, 6) is 1.24. The average molecular weight is 383 g/mol. The van der Waals surface area contributed by atoms with Crippen molar-refractivity contribution in [2.24, 2.45) is 0 Å². The third-order valence-corrected chi connectivity index (χ3v) is 5.28. The zero-order valence-corrected chi connectivity index (χ0v) is 15.7. The Morgan fingerprint density at radius 1 is 1.30 bits per heavy atom. The van der Waals surface area contributed by atoms with E-state index in [1.165, 1.54) is 4.88 Å². The normalized spacial score (nSPS) is 16.4. The molecule has 1 aromatic carbocycles. The molecule has 0 bridgehead atoms. The number of ether oxygens (including phenoxy) is 2. The van der Waals surface area contributed by atoms with Crippen LogP contribution < -0.4 is 10.1 Å². The van der Waals surface area contributed by atoms with E-state index in [0.29, 0.717) is 24.5 Å². The molecule has 0 radical (unpaired) electrons. The van der Waals surface area contributed by atoms with Gasteiger partial charge < -0.3 is 14.8 Å². The Morgan fingerprint density at radius 2 is 2.19 bits per heavy atom. The molecule has 1 amide bonds. The van der Waals surface area contributed by atoms with Crippen molar-refractivity contribution < 1.29 is 14.3 Å². The van der Waals surface area contributed by atoms with Crippen LogP contribution in [0.15, 0.2) is 54.0 Å². The van der Waals surface area contributed by atoms with Crippen molar-refractivity contribution in [3.63, 3.8) is 0 Å². The second-order valence-corrected chi connectivity index (χ2v) is 7.41. The smallest absolute Gasteiger partial charge is 0.256 e. The van der Waals surface area contributed by atoms with E-state index in [9.17, 15) is 4.79 Å². The fraction of sp³-hybridized carbons (Fsp3) is 0.300. The number of nitrogens with zero attached hydrogens (tertiary/aromatic N) is 2. The minimum atomic E-state index is -0.173. The van der Waals surface area contributed by atoms with Gasteiger partial charge in [0.05, 0.1) is 18.8 Å². The number of amides is 1. The number of thiophene rings is 1. The fourth-order valence-corrected chi connectivity index (χ4v) is 3.66. The molecule has 7 heteroatoms. The lowest BCUT2D eigenvalue weighted by Crippen LogP contribution is -2.17. The van der Waals surface area contributed by atoms with Gasteiger partial charge in [0.1, 0.15) is 18.2 Å². The molecule has 3 heterocycles. The summed E-state index contributed by atoms with van der Waals surface area (Å²) in [4.78, 5) is 13.7. The van der Waals surface area contributed by atoms with Gasteiger partial charge in [-0.2, -0.15) is 5.10 Å². The highest BCUT2D eigenvalue weighted by Crippen LogP contribution is 2.18. The molecule has 1 aliphatic rings. The summed E-state index contributed by atoms with van der Waals surface area (Å²) in [5.41, 5.74) is 0.573. The lowest BCUT2D eigenvalue weighted by Gasteiger charge is -2.12. The molecular weight excluding hydrogens is 362 g/mol. The lowest BCUT2D eigenvalue weighted by atomic mass is 10.2. The third kappa shape index (κ3) is 4.56. The molecule has 1 unspecified atom stereocenters. The first-order chi connectivity index (χ1) is 13.3. The number of aromatic nitrogens is 2. The number of benzene rings is 1. The minimum absolute atomic E-state index is 0.173. The second kappa shape index (κ2) is 8.37. The topological polar surface area (TPSA) is 65.4 Å². The van der Waals surface area contributed by atoms with Gasteiger partial charge >= 0.3 is 0 Å². The summed E-state index contributed by atoms with van der Waals surface area (Å²) in [6.45, 7) is 2.00. The predicted octanol–water partition coefficient (Wildman–Crippen LogP) is 3.80. The van der Waals surface area contributed by atoms with Gasteiger partial charge in [-0.25, -0.2) is 4.68 Å². The molecule has 27 heavy (non-hydrogen) atoms. The largest absolute Gasteiger partial charge is 0.491 e. The van der Waals surface area contributed by atoms with Crippen molar-refractivity contribution in [1.29, 1.82) is 0 Å². The first-order valence-corrected chi connectivity index (χ1v) is 9.86.